The van der Waals surface area contributed by atoms with Crippen molar-refractivity contribution < 1.29 is 14.2 Å². The normalized spacial score (nSPS) is 22.2. The number of hydrogen-bond donors (Lipinski definition) is 1. The highest BCUT2D eigenvalue weighted by Crippen LogP contribution is 2.30. The predicted octanol–water partition coefficient (Wildman–Crippen LogP) is 0.920. The van der Waals surface area contributed by atoms with E-state index in [9.17, 15) is 0 Å². The third-order valence-corrected chi connectivity index (χ3v) is 3.91. The minimum absolute atomic E-state index is 0.309. The van der Waals surface area contributed by atoms with Crippen LogP contribution >= 0.6 is 0 Å². The Kier molecular flexibility index (Phi) is 4.95. The molecule has 0 aliphatic carbocycles. The summed E-state index contributed by atoms with van der Waals surface area (Å²) in [5, 5.41) is 3.48. The van der Waals surface area contributed by atoms with Gasteiger partial charge in [0.2, 0.25) is 0 Å². The molecule has 5 heteroatoms. The number of ether oxygens (including phenoxy) is 3. The molecule has 1 N–H and O–H groups in total. The van der Waals surface area contributed by atoms with Crippen LogP contribution in [-0.4, -0.2) is 64.1 Å². The van der Waals surface area contributed by atoms with E-state index in [-0.39, 0.29) is 0 Å². The Balaban J connectivity index is 1.41. The molecule has 1 fully saturated rings. The molecule has 1 unspecified atom stereocenters. The molecule has 5 nitrogen and oxygen atoms in total. The Bertz CT molecular complexity index is 467. The molecule has 2 aliphatic heterocycles. The number of likely N-dealkylation sites (N-methyl/N-ethyl adjacent to an activating group) is 1. The highest BCUT2D eigenvalue weighted by Gasteiger charge is 2.17. The van der Waals surface area contributed by atoms with Crippen molar-refractivity contribution in [3.63, 3.8) is 0 Å². The number of benzene rings is 1. The van der Waals surface area contributed by atoms with Crippen LogP contribution in [0.15, 0.2) is 18.2 Å². The molecule has 2 aliphatic rings. The van der Waals surface area contributed by atoms with E-state index in [4.69, 9.17) is 14.2 Å². The van der Waals surface area contributed by atoms with Gasteiger partial charge in [-0.25, -0.2) is 0 Å². The zero-order valence-electron chi connectivity index (χ0n) is 12.6. The monoisotopic (exact) mass is 292 g/mol. The summed E-state index contributed by atoms with van der Waals surface area (Å²) in [4.78, 5) is 2.32. The second-order valence-electron chi connectivity index (χ2n) is 5.69. The first kappa shape index (κ1) is 14.6. The number of rotatable bonds is 5. The van der Waals surface area contributed by atoms with E-state index in [1.807, 2.05) is 6.07 Å². The molecule has 2 heterocycles. The Hall–Kier alpha value is -1.30. The van der Waals surface area contributed by atoms with Gasteiger partial charge in [-0.3, -0.25) is 0 Å². The number of morpholine rings is 1. The summed E-state index contributed by atoms with van der Waals surface area (Å²) in [6.07, 6.45) is 1.29. The lowest BCUT2D eigenvalue weighted by Crippen LogP contribution is -2.45. The van der Waals surface area contributed by atoms with Crippen LogP contribution in [-0.2, 0) is 11.2 Å². The van der Waals surface area contributed by atoms with Gasteiger partial charge in [-0.2, -0.15) is 0 Å². The molecule has 3 rings (SSSR count). The molecule has 116 valence electrons. The highest BCUT2D eigenvalue weighted by atomic mass is 16.6. The van der Waals surface area contributed by atoms with E-state index < -0.39 is 0 Å². The third kappa shape index (κ3) is 4.09. The maximum atomic E-state index is 5.73. The first-order chi connectivity index (χ1) is 10.3. The van der Waals surface area contributed by atoms with Crippen molar-refractivity contribution in [3.05, 3.63) is 23.8 Å². The average Bonchev–Trinajstić information content (AvgIpc) is 2.51. The van der Waals surface area contributed by atoms with Gasteiger partial charge in [0.15, 0.2) is 11.5 Å². The Morgan fingerprint density at radius 2 is 2.05 bits per heavy atom. The summed E-state index contributed by atoms with van der Waals surface area (Å²) in [7, 11) is 2.14. The van der Waals surface area contributed by atoms with Gasteiger partial charge in [-0.1, -0.05) is 6.07 Å². The minimum Gasteiger partial charge on any atom is -0.486 e. The predicted molar refractivity (Wildman–Crippen MR) is 81.2 cm³/mol. The molecule has 1 atom stereocenters. The van der Waals surface area contributed by atoms with E-state index in [1.165, 1.54) is 5.56 Å². The zero-order chi connectivity index (χ0) is 14.5. The lowest BCUT2D eigenvalue weighted by molar-refractivity contribution is -0.0179. The Labute approximate surface area is 126 Å². The van der Waals surface area contributed by atoms with Crippen molar-refractivity contribution in [1.82, 2.24) is 10.2 Å². The van der Waals surface area contributed by atoms with E-state index in [0.29, 0.717) is 19.3 Å². The molecular weight excluding hydrogens is 268 g/mol. The minimum atomic E-state index is 0.309. The molecule has 21 heavy (non-hydrogen) atoms. The summed E-state index contributed by atoms with van der Waals surface area (Å²) in [6, 6.07) is 6.20. The lowest BCUT2D eigenvalue weighted by Gasteiger charge is -2.30. The van der Waals surface area contributed by atoms with Crippen LogP contribution in [0.3, 0.4) is 0 Å². The van der Waals surface area contributed by atoms with Gasteiger partial charge in [0.25, 0.3) is 0 Å². The standard InChI is InChI=1S/C16H24N2O3/c1-18-6-7-19-14(12-18)11-17-5-4-13-2-3-15-16(10-13)21-9-8-20-15/h2-3,10,14,17H,4-9,11-12H2,1H3. The van der Waals surface area contributed by atoms with Gasteiger partial charge in [0.05, 0.1) is 12.7 Å². The average molecular weight is 292 g/mol. The fraction of sp³-hybridized carbons (Fsp3) is 0.625. The Morgan fingerprint density at radius 3 is 2.90 bits per heavy atom. The largest absolute Gasteiger partial charge is 0.486 e. The van der Waals surface area contributed by atoms with Crippen molar-refractivity contribution >= 4 is 0 Å². The number of nitrogens with zero attached hydrogens (tertiary/aromatic N) is 1. The van der Waals surface area contributed by atoms with E-state index in [2.05, 4.69) is 29.4 Å². The van der Waals surface area contributed by atoms with Crippen LogP contribution in [0.1, 0.15) is 5.56 Å². The van der Waals surface area contributed by atoms with E-state index in [1.54, 1.807) is 0 Å². The van der Waals surface area contributed by atoms with Gasteiger partial charge < -0.3 is 24.4 Å². The molecule has 1 aromatic carbocycles. The van der Waals surface area contributed by atoms with Crippen molar-refractivity contribution in [2.45, 2.75) is 12.5 Å². The van der Waals surface area contributed by atoms with E-state index in [0.717, 1.165) is 50.7 Å². The quantitative estimate of drug-likeness (QED) is 0.818. The molecule has 1 aromatic rings. The lowest BCUT2D eigenvalue weighted by atomic mass is 10.1. The molecule has 0 saturated carbocycles. The van der Waals surface area contributed by atoms with Gasteiger partial charge in [-0.05, 0) is 37.7 Å². The van der Waals surface area contributed by atoms with Crippen molar-refractivity contribution in [1.29, 1.82) is 0 Å². The summed E-state index contributed by atoms with van der Waals surface area (Å²) in [5.74, 6) is 1.73. The van der Waals surface area contributed by atoms with Crippen LogP contribution in [0, 0.1) is 0 Å². The van der Waals surface area contributed by atoms with E-state index >= 15 is 0 Å². The summed E-state index contributed by atoms with van der Waals surface area (Å²) < 4.78 is 16.9. The van der Waals surface area contributed by atoms with Gasteiger partial charge in [-0.15, -0.1) is 0 Å². The summed E-state index contributed by atoms with van der Waals surface area (Å²) in [5.41, 5.74) is 1.27. The SMILES string of the molecule is CN1CCOC(CNCCc2ccc3c(c2)OCCO3)C1. The van der Waals surface area contributed by atoms with Crippen LogP contribution < -0.4 is 14.8 Å². The van der Waals surface area contributed by atoms with Gasteiger partial charge in [0, 0.05) is 19.6 Å². The molecule has 1 saturated heterocycles. The maximum absolute atomic E-state index is 5.73. The first-order valence-electron chi connectivity index (χ1n) is 7.70. The van der Waals surface area contributed by atoms with Crippen molar-refractivity contribution in [2.75, 3.05) is 53.0 Å². The summed E-state index contributed by atoms with van der Waals surface area (Å²) in [6.45, 7) is 6.03. The third-order valence-electron chi connectivity index (χ3n) is 3.91. The smallest absolute Gasteiger partial charge is 0.161 e. The second-order valence-corrected chi connectivity index (χ2v) is 5.69. The number of hydrogen-bond acceptors (Lipinski definition) is 5. The molecule has 0 aromatic heterocycles. The maximum Gasteiger partial charge on any atom is 0.161 e. The van der Waals surface area contributed by atoms with Crippen LogP contribution in [0.25, 0.3) is 0 Å². The molecule has 0 bridgehead atoms. The topological polar surface area (TPSA) is 43.0 Å². The molecule has 0 radical (unpaired) electrons. The van der Waals surface area contributed by atoms with Crippen LogP contribution in [0.4, 0.5) is 0 Å². The molecular formula is C16H24N2O3. The van der Waals surface area contributed by atoms with Crippen molar-refractivity contribution in [3.8, 4) is 11.5 Å². The van der Waals surface area contributed by atoms with Crippen LogP contribution in [0.5, 0.6) is 11.5 Å². The molecule has 0 amide bonds. The fourth-order valence-electron chi connectivity index (χ4n) is 2.73. The number of nitrogens with one attached hydrogen (secondary N) is 1. The van der Waals surface area contributed by atoms with Gasteiger partial charge >= 0.3 is 0 Å². The highest BCUT2D eigenvalue weighted by molar-refractivity contribution is 5.43. The van der Waals surface area contributed by atoms with Gasteiger partial charge in [0.1, 0.15) is 13.2 Å². The van der Waals surface area contributed by atoms with Crippen LogP contribution in [0.2, 0.25) is 0 Å². The Morgan fingerprint density at radius 1 is 1.19 bits per heavy atom. The summed E-state index contributed by atoms with van der Waals surface area (Å²) >= 11 is 0. The first-order valence-corrected chi connectivity index (χ1v) is 7.70. The van der Waals surface area contributed by atoms with Crippen molar-refractivity contribution in [2.24, 2.45) is 0 Å². The fourth-order valence-corrected chi connectivity index (χ4v) is 2.73. The molecule has 0 spiro atoms. The second kappa shape index (κ2) is 7.11. The number of fused-ring (bicyclic) bond motifs is 1. The zero-order valence-corrected chi connectivity index (χ0v) is 12.6.